The predicted octanol–water partition coefficient (Wildman–Crippen LogP) is 2.70. The average molecular weight is 562 g/mol. The molecule has 0 saturated heterocycles. The normalized spacial score (nSPS) is 12.6. The molecule has 0 fully saturated rings. The van der Waals surface area contributed by atoms with E-state index in [4.69, 9.17) is 9.47 Å². The van der Waals surface area contributed by atoms with Crippen LogP contribution in [0.4, 0.5) is 0 Å². The van der Waals surface area contributed by atoms with Crippen LogP contribution in [0.15, 0.2) is 58.4 Å². The quantitative estimate of drug-likeness (QED) is 0.278. The number of halogens is 1. The lowest BCUT2D eigenvalue weighted by Crippen LogP contribution is -2.41. The van der Waals surface area contributed by atoms with Crippen LogP contribution >= 0.6 is 24.0 Å². The van der Waals surface area contributed by atoms with Crippen molar-refractivity contribution in [1.29, 1.82) is 0 Å². The Balaban J connectivity index is 0.00000480. The largest absolute Gasteiger partial charge is 0.497 e. The van der Waals surface area contributed by atoms with Crippen LogP contribution in [0.2, 0.25) is 0 Å². The van der Waals surface area contributed by atoms with Crippen LogP contribution in [0.25, 0.3) is 0 Å². The minimum absolute atomic E-state index is 0. The molecule has 0 aromatic heterocycles. The molecular weight excluding hydrogens is 531 g/mol. The molecule has 0 spiro atoms. The maximum Gasteiger partial charge on any atom is 0.242 e. The van der Waals surface area contributed by atoms with Crippen LogP contribution in [0, 0.1) is 0 Å². The molecule has 0 aliphatic carbocycles. The number of rotatable bonds is 9. The summed E-state index contributed by atoms with van der Waals surface area (Å²) >= 11 is 0. The van der Waals surface area contributed by atoms with Gasteiger partial charge in [-0.1, -0.05) is 18.2 Å². The van der Waals surface area contributed by atoms with Gasteiger partial charge >= 0.3 is 0 Å². The summed E-state index contributed by atoms with van der Waals surface area (Å²) in [5.74, 6) is 2.11. The molecule has 1 atom stereocenters. The molecule has 2 rings (SSSR count). The topological polar surface area (TPSA) is 92.3 Å². The van der Waals surface area contributed by atoms with Gasteiger partial charge in [0.05, 0.1) is 18.6 Å². The highest BCUT2D eigenvalue weighted by atomic mass is 127. The Morgan fingerprint density at radius 2 is 1.74 bits per heavy atom. The number of methoxy groups -OCH3 is 1. The summed E-state index contributed by atoms with van der Waals surface area (Å²) in [5, 5.41) is 6.43. The van der Waals surface area contributed by atoms with E-state index in [0.717, 1.165) is 17.1 Å². The van der Waals surface area contributed by atoms with Gasteiger partial charge in [-0.2, -0.15) is 0 Å². The van der Waals surface area contributed by atoms with Crippen molar-refractivity contribution in [1.82, 2.24) is 14.9 Å². The average Bonchev–Trinajstić information content (AvgIpc) is 2.74. The highest BCUT2D eigenvalue weighted by Crippen LogP contribution is 2.19. The molecule has 2 N–H and O–H groups in total. The van der Waals surface area contributed by atoms with Crippen LogP contribution in [0.1, 0.15) is 12.5 Å². The zero-order valence-electron chi connectivity index (χ0n) is 18.5. The lowest BCUT2D eigenvalue weighted by molar-refractivity contribution is 0.223. The first-order chi connectivity index (χ1) is 14.3. The summed E-state index contributed by atoms with van der Waals surface area (Å²) < 4.78 is 36.6. The van der Waals surface area contributed by atoms with Crippen molar-refractivity contribution in [2.45, 2.75) is 24.5 Å². The maximum absolute atomic E-state index is 12.1. The van der Waals surface area contributed by atoms with Crippen molar-refractivity contribution in [3.8, 4) is 11.5 Å². The standard InChI is InChI=1S/C21H30N4O4S.HI/c1-16(29-19-8-6-7-18(13-19)28-5)14-23-21(22-2)24-15-17-9-11-20(12-10-17)30(26,27)25(3)4;/h6-13,16H,14-15H2,1-5H3,(H2,22,23,24);1H. The first-order valence-electron chi connectivity index (χ1n) is 9.53. The minimum Gasteiger partial charge on any atom is -0.497 e. The van der Waals surface area contributed by atoms with Gasteiger partial charge in [-0.15, -0.1) is 24.0 Å². The summed E-state index contributed by atoms with van der Waals surface area (Å²) in [7, 11) is 2.91. The number of aliphatic imine (C=N–C) groups is 1. The van der Waals surface area contributed by atoms with E-state index >= 15 is 0 Å². The van der Waals surface area contributed by atoms with Gasteiger partial charge in [0.25, 0.3) is 0 Å². The van der Waals surface area contributed by atoms with E-state index in [2.05, 4.69) is 15.6 Å². The third-order valence-corrected chi connectivity index (χ3v) is 6.15. The smallest absolute Gasteiger partial charge is 0.242 e. The third-order valence-electron chi connectivity index (χ3n) is 4.32. The number of guanidine groups is 1. The second kappa shape index (κ2) is 12.7. The molecule has 2 aromatic rings. The second-order valence-electron chi connectivity index (χ2n) is 6.85. The van der Waals surface area contributed by atoms with E-state index in [1.54, 1.807) is 38.4 Å². The van der Waals surface area contributed by atoms with E-state index in [0.29, 0.717) is 19.0 Å². The summed E-state index contributed by atoms with van der Waals surface area (Å²) in [5.41, 5.74) is 0.941. The van der Waals surface area contributed by atoms with Crippen molar-refractivity contribution in [2.75, 3.05) is 34.8 Å². The molecule has 0 bridgehead atoms. The lowest BCUT2D eigenvalue weighted by atomic mass is 10.2. The number of sulfonamides is 1. The Labute approximate surface area is 202 Å². The highest BCUT2D eigenvalue weighted by molar-refractivity contribution is 14.0. The van der Waals surface area contributed by atoms with Gasteiger partial charge < -0.3 is 20.1 Å². The van der Waals surface area contributed by atoms with Crippen LogP contribution < -0.4 is 20.1 Å². The molecule has 1 unspecified atom stereocenters. The Morgan fingerprint density at radius 3 is 2.32 bits per heavy atom. The molecule has 0 radical (unpaired) electrons. The monoisotopic (exact) mass is 562 g/mol. The van der Waals surface area contributed by atoms with E-state index in [1.165, 1.54) is 18.4 Å². The van der Waals surface area contributed by atoms with Gasteiger partial charge in [-0.3, -0.25) is 4.99 Å². The molecular formula is C21H31IN4O4S. The molecule has 0 aliphatic rings. The minimum atomic E-state index is -3.42. The number of hydrogen-bond acceptors (Lipinski definition) is 5. The molecule has 8 nitrogen and oxygen atoms in total. The Kier molecular flexibility index (Phi) is 11.1. The van der Waals surface area contributed by atoms with Crippen molar-refractivity contribution in [2.24, 2.45) is 4.99 Å². The van der Waals surface area contributed by atoms with E-state index in [9.17, 15) is 8.42 Å². The first-order valence-corrected chi connectivity index (χ1v) is 11.0. The molecule has 0 aliphatic heterocycles. The fourth-order valence-electron chi connectivity index (χ4n) is 2.59. The zero-order valence-corrected chi connectivity index (χ0v) is 21.6. The second-order valence-corrected chi connectivity index (χ2v) is 9.00. The van der Waals surface area contributed by atoms with Gasteiger partial charge in [0.2, 0.25) is 10.0 Å². The molecule has 172 valence electrons. The first kappa shape index (κ1) is 27.0. The van der Waals surface area contributed by atoms with Crippen LogP contribution in [0.3, 0.4) is 0 Å². The fraction of sp³-hybridized carbons (Fsp3) is 0.381. The number of hydrogen-bond donors (Lipinski definition) is 2. The van der Waals surface area contributed by atoms with E-state index in [-0.39, 0.29) is 35.0 Å². The van der Waals surface area contributed by atoms with Crippen molar-refractivity contribution >= 4 is 40.0 Å². The van der Waals surface area contributed by atoms with Gasteiger partial charge in [0.15, 0.2) is 5.96 Å². The molecule has 10 heteroatoms. The summed E-state index contributed by atoms with van der Waals surface area (Å²) in [6.07, 6.45) is -0.0915. The van der Waals surface area contributed by atoms with E-state index in [1.807, 2.05) is 31.2 Å². The number of nitrogens with one attached hydrogen (secondary N) is 2. The maximum atomic E-state index is 12.1. The Morgan fingerprint density at radius 1 is 1.10 bits per heavy atom. The summed E-state index contributed by atoms with van der Waals surface area (Å²) in [6, 6.07) is 14.2. The van der Waals surface area contributed by atoms with Gasteiger partial charge in [0, 0.05) is 33.8 Å². The summed E-state index contributed by atoms with van der Waals surface area (Å²) in [4.78, 5) is 4.47. The Hall–Kier alpha value is -2.05. The molecule has 2 aromatic carbocycles. The van der Waals surface area contributed by atoms with E-state index < -0.39 is 10.0 Å². The van der Waals surface area contributed by atoms with Crippen LogP contribution in [-0.2, 0) is 16.6 Å². The predicted molar refractivity (Wildman–Crippen MR) is 134 cm³/mol. The van der Waals surface area contributed by atoms with Gasteiger partial charge in [-0.25, -0.2) is 12.7 Å². The SMILES string of the molecule is CN=C(NCc1ccc(S(=O)(=O)N(C)C)cc1)NCC(C)Oc1cccc(OC)c1.I. The van der Waals surface area contributed by atoms with Gasteiger partial charge in [0.1, 0.15) is 17.6 Å². The molecule has 0 amide bonds. The summed E-state index contributed by atoms with van der Waals surface area (Å²) in [6.45, 7) is 3.02. The van der Waals surface area contributed by atoms with Crippen LogP contribution in [0.5, 0.6) is 11.5 Å². The zero-order chi connectivity index (χ0) is 22.1. The van der Waals surface area contributed by atoms with Crippen LogP contribution in [-0.4, -0.2) is 59.6 Å². The van der Waals surface area contributed by atoms with Crippen molar-refractivity contribution in [3.05, 3.63) is 54.1 Å². The fourth-order valence-corrected chi connectivity index (χ4v) is 3.49. The number of ether oxygens (including phenoxy) is 2. The Bertz CT molecular complexity index is 950. The van der Waals surface area contributed by atoms with Crippen molar-refractivity contribution < 1.29 is 17.9 Å². The van der Waals surface area contributed by atoms with Crippen molar-refractivity contribution in [3.63, 3.8) is 0 Å². The lowest BCUT2D eigenvalue weighted by Gasteiger charge is -2.18. The number of nitrogens with zero attached hydrogens (tertiary/aromatic N) is 2. The van der Waals surface area contributed by atoms with Gasteiger partial charge in [-0.05, 0) is 36.8 Å². The number of benzene rings is 2. The highest BCUT2D eigenvalue weighted by Gasteiger charge is 2.16. The molecule has 0 heterocycles. The molecule has 0 saturated carbocycles. The third kappa shape index (κ3) is 8.19. The molecule has 31 heavy (non-hydrogen) atoms.